The zero-order chi connectivity index (χ0) is 21.7. The number of carbonyl (C=O) groups is 2. The number of hydrogen-bond donors (Lipinski definition) is 2. The number of halogens is 1. The van der Waals surface area contributed by atoms with Crippen molar-refractivity contribution in [2.24, 2.45) is 0 Å². The summed E-state index contributed by atoms with van der Waals surface area (Å²) < 4.78 is 19.7. The van der Waals surface area contributed by atoms with Gasteiger partial charge >= 0.3 is 0 Å². The Kier molecular flexibility index (Phi) is 6.26. The third-order valence-electron chi connectivity index (χ3n) is 4.28. The van der Waals surface area contributed by atoms with Gasteiger partial charge in [-0.2, -0.15) is 0 Å². The molecule has 8 heteroatoms. The van der Waals surface area contributed by atoms with Crippen LogP contribution in [0.4, 0.5) is 15.8 Å². The number of benzene rings is 2. The standard InChI is InChI=1S/C22H20FN3O4/c1-14(27)24-18-8-9-20(30-2)19(11-18)25-22(29)16-5-10-21(28)26(13-16)12-15-3-6-17(23)7-4-15/h3-11,13H,12H2,1-2H3,(H,24,27)(H,25,29). The summed E-state index contributed by atoms with van der Waals surface area (Å²) in [4.78, 5) is 36.2. The van der Waals surface area contributed by atoms with Gasteiger partial charge in [-0.15, -0.1) is 0 Å². The van der Waals surface area contributed by atoms with E-state index in [4.69, 9.17) is 4.74 Å². The molecule has 0 radical (unpaired) electrons. The maximum atomic E-state index is 13.1. The van der Waals surface area contributed by atoms with Gasteiger partial charge in [0.15, 0.2) is 0 Å². The lowest BCUT2D eigenvalue weighted by atomic mass is 10.2. The molecule has 0 saturated heterocycles. The van der Waals surface area contributed by atoms with Crippen LogP contribution in [0.15, 0.2) is 65.6 Å². The number of aromatic nitrogens is 1. The molecule has 30 heavy (non-hydrogen) atoms. The number of pyridine rings is 1. The quantitative estimate of drug-likeness (QED) is 0.654. The molecule has 2 amide bonds. The van der Waals surface area contributed by atoms with E-state index < -0.39 is 5.91 Å². The van der Waals surface area contributed by atoms with Crippen molar-refractivity contribution in [2.75, 3.05) is 17.7 Å². The zero-order valence-electron chi connectivity index (χ0n) is 16.4. The van der Waals surface area contributed by atoms with Crippen LogP contribution in [0.1, 0.15) is 22.8 Å². The second-order valence-corrected chi connectivity index (χ2v) is 6.56. The van der Waals surface area contributed by atoms with Gasteiger partial charge in [0.1, 0.15) is 11.6 Å². The molecular formula is C22H20FN3O4. The summed E-state index contributed by atoms with van der Waals surface area (Å²) in [6, 6.07) is 13.3. The molecule has 3 aromatic rings. The van der Waals surface area contributed by atoms with Crippen molar-refractivity contribution in [1.82, 2.24) is 4.57 Å². The van der Waals surface area contributed by atoms with Crippen molar-refractivity contribution in [3.8, 4) is 5.75 Å². The van der Waals surface area contributed by atoms with Crippen LogP contribution in [-0.4, -0.2) is 23.5 Å². The largest absolute Gasteiger partial charge is 0.495 e. The number of amides is 2. The van der Waals surface area contributed by atoms with Crippen molar-refractivity contribution >= 4 is 23.2 Å². The van der Waals surface area contributed by atoms with Gasteiger partial charge in [-0.1, -0.05) is 12.1 Å². The van der Waals surface area contributed by atoms with Crippen LogP contribution in [-0.2, 0) is 11.3 Å². The Morgan fingerprint density at radius 1 is 1.03 bits per heavy atom. The highest BCUT2D eigenvalue weighted by Crippen LogP contribution is 2.28. The second-order valence-electron chi connectivity index (χ2n) is 6.56. The number of carbonyl (C=O) groups excluding carboxylic acids is 2. The van der Waals surface area contributed by atoms with Crippen LogP contribution in [0.2, 0.25) is 0 Å². The number of nitrogens with one attached hydrogen (secondary N) is 2. The highest BCUT2D eigenvalue weighted by Gasteiger charge is 2.13. The van der Waals surface area contributed by atoms with Gasteiger partial charge in [0, 0.05) is 24.9 Å². The average molecular weight is 409 g/mol. The maximum Gasteiger partial charge on any atom is 0.257 e. The third kappa shape index (κ3) is 5.11. The first kappa shape index (κ1) is 20.8. The van der Waals surface area contributed by atoms with Gasteiger partial charge in [-0.25, -0.2) is 4.39 Å². The predicted molar refractivity (Wildman–Crippen MR) is 111 cm³/mol. The SMILES string of the molecule is COc1ccc(NC(C)=O)cc1NC(=O)c1ccc(=O)n(Cc2ccc(F)cc2)c1. The molecule has 0 aliphatic carbocycles. The van der Waals surface area contributed by atoms with E-state index in [1.807, 2.05) is 0 Å². The highest BCUT2D eigenvalue weighted by molar-refractivity contribution is 6.05. The van der Waals surface area contributed by atoms with E-state index >= 15 is 0 Å². The van der Waals surface area contributed by atoms with Crippen molar-refractivity contribution < 1.29 is 18.7 Å². The Morgan fingerprint density at radius 3 is 2.43 bits per heavy atom. The predicted octanol–water partition coefficient (Wildman–Crippen LogP) is 3.26. The molecule has 3 rings (SSSR count). The Balaban J connectivity index is 1.84. The van der Waals surface area contributed by atoms with E-state index in [9.17, 15) is 18.8 Å². The highest BCUT2D eigenvalue weighted by atomic mass is 19.1. The van der Waals surface area contributed by atoms with E-state index in [0.717, 1.165) is 5.56 Å². The Morgan fingerprint density at radius 2 is 1.77 bits per heavy atom. The minimum Gasteiger partial charge on any atom is -0.495 e. The van der Waals surface area contributed by atoms with E-state index in [-0.39, 0.29) is 29.4 Å². The van der Waals surface area contributed by atoms with Crippen molar-refractivity contribution in [3.63, 3.8) is 0 Å². The number of ether oxygens (including phenoxy) is 1. The summed E-state index contributed by atoms with van der Waals surface area (Å²) >= 11 is 0. The third-order valence-corrected chi connectivity index (χ3v) is 4.28. The molecule has 0 spiro atoms. The van der Waals surface area contributed by atoms with Crippen molar-refractivity contribution in [1.29, 1.82) is 0 Å². The number of nitrogens with zero attached hydrogens (tertiary/aromatic N) is 1. The van der Waals surface area contributed by atoms with Crippen LogP contribution >= 0.6 is 0 Å². The summed E-state index contributed by atoms with van der Waals surface area (Å²) in [7, 11) is 1.46. The number of anilines is 2. The molecule has 2 aromatic carbocycles. The Labute approximate surface area is 172 Å². The van der Waals surface area contributed by atoms with E-state index in [1.165, 1.54) is 49.1 Å². The zero-order valence-corrected chi connectivity index (χ0v) is 16.4. The molecule has 0 unspecified atom stereocenters. The lowest BCUT2D eigenvalue weighted by Gasteiger charge is -2.13. The normalized spacial score (nSPS) is 10.4. The maximum absolute atomic E-state index is 13.1. The fraction of sp³-hybridized carbons (Fsp3) is 0.136. The first-order chi connectivity index (χ1) is 14.4. The fourth-order valence-corrected chi connectivity index (χ4v) is 2.86. The first-order valence-corrected chi connectivity index (χ1v) is 9.07. The number of rotatable bonds is 6. The van der Waals surface area contributed by atoms with Crippen molar-refractivity contribution in [3.05, 3.63) is 88.1 Å². The van der Waals surface area contributed by atoms with Crippen molar-refractivity contribution in [2.45, 2.75) is 13.5 Å². The molecule has 1 heterocycles. The Bertz CT molecular complexity index is 1140. The summed E-state index contributed by atoms with van der Waals surface area (Å²) in [6.07, 6.45) is 1.44. The molecular weight excluding hydrogens is 389 g/mol. The van der Waals surface area contributed by atoms with Crippen LogP contribution in [0.3, 0.4) is 0 Å². The molecule has 0 aliphatic rings. The molecule has 0 bridgehead atoms. The molecule has 0 atom stereocenters. The molecule has 154 valence electrons. The van der Waals surface area contributed by atoms with Gasteiger partial charge < -0.3 is 19.9 Å². The van der Waals surface area contributed by atoms with Gasteiger partial charge in [0.05, 0.1) is 24.9 Å². The van der Waals surface area contributed by atoms with E-state index in [1.54, 1.807) is 30.3 Å². The van der Waals surface area contributed by atoms with Gasteiger partial charge in [-0.3, -0.25) is 14.4 Å². The molecule has 0 aliphatic heterocycles. The summed E-state index contributed by atoms with van der Waals surface area (Å²) in [6.45, 7) is 1.58. The lowest BCUT2D eigenvalue weighted by Crippen LogP contribution is -2.22. The first-order valence-electron chi connectivity index (χ1n) is 9.07. The topological polar surface area (TPSA) is 89.4 Å². The van der Waals surface area contributed by atoms with Gasteiger partial charge in [-0.05, 0) is 42.0 Å². The average Bonchev–Trinajstić information content (AvgIpc) is 2.71. The van der Waals surface area contributed by atoms with E-state index in [2.05, 4.69) is 10.6 Å². The second kappa shape index (κ2) is 9.04. The molecule has 0 saturated carbocycles. The van der Waals surface area contributed by atoms with Crippen LogP contribution in [0.25, 0.3) is 0 Å². The van der Waals surface area contributed by atoms with Crippen LogP contribution in [0.5, 0.6) is 5.75 Å². The summed E-state index contributed by atoms with van der Waals surface area (Å²) in [5, 5.41) is 5.37. The smallest absolute Gasteiger partial charge is 0.257 e. The lowest BCUT2D eigenvalue weighted by molar-refractivity contribution is -0.114. The van der Waals surface area contributed by atoms with Gasteiger partial charge in [0.2, 0.25) is 5.91 Å². The van der Waals surface area contributed by atoms with E-state index in [0.29, 0.717) is 17.1 Å². The monoisotopic (exact) mass is 409 g/mol. The molecule has 7 nitrogen and oxygen atoms in total. The Hall–Kier alpha value is -3.94. The number of hydrogen-bond acceptors (Lipinski definition) is 4. The fourth-order valence-electron chi connectivity index (χ4n) is 2.86. The molecule has 1 aromatic heterocycles. The summed E-state index contributed by atoms with van der Waals surface area (Å²) in [5.41, 5.74) is 1.55. The summed E-state index contributed by atoms with van der Waals surface area (Å²) in [5.74, 6) is -0.654. The molecule has 2 N–H and O–H groups in total. The van der Waals surface area contributed by atoms with Gasteiger partial charge in [0.25, 0.3) is 11.5 Å². The minimum absolute atomic E-state index is 0.196. The molecule has 0 fully saturated rings. The van der Waals surface area contributed by atoms with Crippen LogP contribution in [0, 0.1) is 5.82 Å². The van der Waals surface area contributed by atoms with Crippen LogP contribution < -0.4 is 20.9 Å². The number of methoxy groups -OCH3 is 1. The minimum atomic E-state index is -0.457.